The van der Waals surface area contributed by atoms with Gasteiger partial charge in [-0.1, -0.05) is 29.8 Å². The molecule has 0 radical (unpaired) electrons. The lowest BCUT2D eigenvalue weighted by atomic mass is 10.1. The zero-order chi connectivity index (χ0) is 13.1. The fourth-order valence-corrected chi connectivity index (χ4v) is 2.49. The first kappa shape index (κ1) is 12.3. The highest BCUT2D eigenvalue weighted by Gasteiger charge is 2.17. The molecule has 1 fully saturated rings. The fourth-order valence-electron chi connectivity index (χ4n) is 2.49. The number of aryl methyl sites for hydroxylation is 1. The molecule has 1 aliphatic heterocycles. The lowest BCUT2D eigenvalue weighted by Crippen LogP contribution is -2.14. The van der Waals surface area contributed by atoms with Crippen molar-refractivity contribution >= 4 is 0 Å². The molecule has 1 atom stereocenters. The number of nitrogens with zero attached hydrogens (tertiary/aromatic N) is 2. The first-order valence-electron chi connectivity index (χ1n) is 6.91. The summed E-state index contributed by atoms with van der Waals surface area (Å²) in [6.45, 7) is 3.20. The molecule has 1 saturated heterocycles. The van der Waals surface area contributed by atoms with Crippen LogP contribution in [0.4, 0.5) is 0 Å². The van der Waals surface area contributed by atoms with Crippen LogP contribution in [0.3, 0.4) is 0 Å². The Labute approximate surface area is 114 Å². The van der Waals surface area contributed by atoms with Crippen molar-refractivity contribution < 1.29 is 0 Å². The van der Waals surface area contributed by atoms with Gasteiger partial charge in [-0.05, 0) is 31.9 Å². The highest BCUT2D eigenvalue weighted by Crippen LogP contribution is 2.20. The van der Waals surface area contributed by atoms with Crippen molar-refractivity contribution in [1.29, 1.82) is 0 Å². The zero-order valence-corrected chi connectivity index (χ0v) is 11.3. The highest BCUT2D eigenvalue weighted by atomic mass is 15.0. The molecule has 0 spiro atoms. The summed E-state index contributed by atoms with van der Waals surface area (Å²) in [5.74, 6) is 0. The third-order valence-electron chi connectivity index (χ3n) is 3.65. The van der Waals surface area contributed by atoms with E-state index in [0.717, 1.165) is 24.4 Å². The summed E-state index contributed by atoms with van der Waals surface area (Å²) in [6.07, 6.45) is 7.09. The van der Waals surface area contributed by atoms with Crippen molar-refractivity contribution in [3.05, 3.63) is 59.2 Å². The van der Waals surface area contributed by atoms with Gasteiger partial charge < -0.3 is 5.32 Å². The maximum atomic E-state index is 4.55. The molecular weight excluding hydrogens is 234 g/mol. The van der Waals surface area contributed by atoms with Crippen LogP contribution in [-0.4, -0.2) is 16.5 Å². The van der Waals surface area contributed by atoms with E-state index >= 15 is 0 Å². The van der Waals surface area contributed by atoms with Crippen LogP contribution in [0.5, 0.6) is 0 Å². The van der Waals surface area contributed by atoms with E-state index in [0.29, 0.717) is 6.04 Å². The highest BCUT2D eigenvalue weighted by molar-refractivity contribution is 5.25. The Hall–Kier alpha value is -1.74. The molecule has 3 rings (SSSR count). The lowest BCUT2D eigenvalue weighted by Gasteiger charge is -2.09. The second kappa shape index (κ2) is 5.49. The van der Waals surface area contributed by atoms with Gasteiger partial charge in [0.2, 0.25) is 0 Å². The van der Waals surface area contributed by atoms with E-state index in [4.69, 9.17) is 0 Å². The molecule has 0 amide bonds. The standard InChI is InChI=1S/C16H19N3/c1-12-4-6-13(7-5-12)9-14-10-19-16(11-18-14)15-3-2-8-17-15/h4-7,10-11,15,17H,2-3,8-9H2,1H3/t15-/m0/s1. The van der Waals surface area contributed by atoms with E-state index in [9.17, 15) is 0 Å². The predicted molar refractivity (Wildman–Crippen MR) is 76.0 cm³/mol. The Kier molecular flexibility index (Phi) is 3.56. The van der Waals surface area contributed by atoms with Gasteiger partial charge in [-0.3, -0.25) is 9.97 Å². The molecular formula is C16H19N3. The lowest BCUT2D eigenvalue weighted by molar-refractivity contribution is 0.622. The summed E-state index contributed by atoms with van der Waals surface area (Å²) in [6, 6.07) is 8.99. The zero-order valence-electron chi connectivity index (χ0n) is 11.3. The number of rotatable bonds is 3. The Bertz CT molecular complexity index is 525. The Morgan fingerprint density at radius 2 is 2.00 bits per heavy atom. The minimum Gasteiger partial charge on any atom is -0.309 e. The van der Waals surface area contributed by atoms with E-state index in [1.54, 1.807) is 0 Å². The molecule has 0 saturated carbocycles. The number of aromatic nitrogens is 2. The summed E-state index contributed by atoms with van der Waals surface area (Å²) < 4.78 is 0. The smallest absolute Gasteiger partial charge is 0.0756 e. The molecule has 3 heteroatoms. The molecule has 0 unspecified atom stereocenters. The third-order valence-corrected chi connectivity index (χ3v) is 3.65. The van der Waals surface area contributed by atoms with Crippen molar-refractivity contribution in [3.63, 3.8) is 0 Å². The van der Waals surface area contributed by atoms with Crippen LogP contribution in [0.1, 0.15) is 41.4 Å². The van der Waals surface area contributed by atoms with Crippen LogP contribution in [0.15, 0.2) is 36.7 Å². The second-order valence-corrected chi connectivity index (χ2v) is 5.24. The molecule has 2 heterocycles. The quantitative estimate of drug-likeness (QED) is 0.914. The largest absolute Gasteiger partial charge is 0.309 e. The van der Waals surface area contributed by atoms with E-state index < -0.39 is 0 Å². The van der Waals surface area contributed by atoms with Crippen LogP contribution in [0.2, 0.25) is 0 Å². The summed E-state index contributed by atoms with van der Waals surface area (Å²) in [7, 11) is 0. The van der Waals surface area contributed by atoms with Gasteiger partial charge in [-0.2, -0.15) is 0 Å². The van der Waals surface area contributed by atoms with E-state index in [1.807, 2.05) is 12.4 Å². The van der Waals surface area contributed by atoms with Gasteiger partial charge in [0.15, 0.2) is 0 Å². The van der Waals surface area contributed by atoms with Gasteiger partial charge in [0.05, 0.1) is 23.6 Å². The van der Waals surface area contributed by atoms with E-state index in [2.05, 4.69) is 46.5 Å². The van der Waals surface area contributed by atoms with Crippen molar-refractivity contribution in [2.45, 2.75) is 32.2 Å². The predicted octanol–water partition coefficient (Wildman–Crippen LogP) is 2.80. The number of hydrogen-bond donors (Lipinski definition) is 1. The molecule has 98 valence electrons. The van der Waals surface area contributed by atoms with Crippen molar-refractivity contribution in [1.82, 2.24) is 15.3 Å². The van der Waals surface area contributed by atoms with Crippen LogP contribution in [-0.2, 0) is 6.42 Å². The molecule has 1 N–H and O–H groups in total. The maximum Gasteiger partial charge on any atom is 0.0756 e. The summed E-state index contributed by atoms with van der Waals surface area (Å²) >= 11 is 0. The molecule has 0 aliphatic carbocycles. The summed E-state index contributed by atoms with van der Waals surface area (Å²) in [5.41, 5.74) is 4.68. The molecule has 1 aliphatic rings. The molecule has 2 aromatic rings. The average molecular weight is 253 g/mol. The topological polar surface area (TPSA) is 37.8 Å². The van der Waals surface area contributed by atoms with E-state index in [-0.39, 0.29) is 0 Å². The molecule has 1 aromatic carbocycles. The minimum atomic E-state index is 0.404. The van der Waals surface area contributed by atoms with Gasteiger partial charge in [0, 0.05) is 12.6 Å². The van der Waals surface area contributed by atoms with Crippen LogP contribution in [0, 0.1) is 6.92 Å². The van der Waals surface area contributed by atoms with Gasteiger partial charge in [-0.25, -0.2) is 0 Å². The minimum absolute atomic E-state index is 0.404. The molecule has 3 nitrogen and oxygen atoms in total. The van der Waals surface area contributed by atoms with Gasteiger partial charge >= 0.3 is 0 Å². The third kappa shape index (κ3) is 2.99. The van der Waals surface area contributed by atoms with E-state index in [1.165, 1.54) is 24.0 Å². The first-order chi connectivity index (χ1) is 9.31. The number of nitrogens with one attached hydrogen (secondary N) is 1. The van der Waals surface area contributed by atoms with Crippen molar-refractivity contribution in [2.24, 2.45) is 0 Å². The number of benzene rings is 1. The van der Waals surface area contributed by atoms with Crippen LogP contribution < -0.4 is 5.32 Å². The average Bonchev–Trinajstić information content (AvgIpc) is 2.96. The normalized spacial score (nSPS) is 18.7. The number of hydrogen-bond acceptors (Lipinski definition) is 3. The van der Waals surface area contributed by atoms with Gasteiger partial charge in [0.25, 0.3) is 0 Å². The maximum absolute atomic E-state index is 4.55. The Balaban J connectivity index is 1.70. The fraction of sp³-hybridized carbons (Fsp3) is 0.375. The Morgan fingerprint density at radius 3 is 2.63 bits per heavy atom. The first-order valence-corrected chi connectivity index (χ1v) is 6.91. The molecule has 0 bridgehead atoms. The Morgan fingerprint density at radius 1 is 1.16 bits per heavy atom. The van der Waals surface area contributed by atoms with Gasteiger partial charge in [0.1, 0.15) is 0 Å². The van der Waals surface area contributed by atoms with Crippen LogP contribution >= 0.6 is 0 Å². The second-order valence-electron chi connectivity index (χ2n) is 5.24. The monoisotopic (exact) mass is 253 g/mol. The molecule has 1 aromatic heterocycles. The molecule has 19 heavy (non-hydrogen) atoms. The SMILES string of the molecule is Cc1ccc(Cc2cnc([C@@H]3CCCN3)cn2)cc1. The summed E-state index contributed by atoms with van der Waals surface area (Å²) in [5, 5.41) is 3.45. The van der Waals surface area contributed by atoms with Crippen molar-refractivity contribution in [3.8, 4) is 0 Å². The van der Waals surface area contributed by atoms with Crippen molar-refractivity contribution in [2.75, 3.05) is 6.54 Å². The van der Waals surface area contributed by atoms with Crippen LogP contribution in [0.25, 0.3) is 0 Å². The van der Waals surface area contributed by atoms with Gasteiger partial charge in [-0.15, -0.1) is 0 Å². The summed E-state index contributed by atoms with van der Waals surface area (Å²) in [4.78, 5) is 9.09.